The lowest BCUT2D eigenvalue weighted by atomic mass is 10.1. The van der Waals surface area contributed by atoms with Gasteiger partial charge >= 0.3 is 0 Å². The van der Waals surface area contributed by atoms with Crippen LogP contribution in [0.1, 0.15) is 31.7 Å². The van der Waals surface area contributed by atoms with Gasteiger partial charge in [-0.05, 0) is 44.4 Å². The van der Waals surface area contributed by atoms with Crippen LogP contribution in [-0.2, 0) is 23.0 Å². The Morgan fingerprint density at radius 1 is 0.964 bits per heavy atom. The van der Waals surface area contributed by atoms with Crippen molar-refractivity contribution in [3.8, 4) is 0 Å². The molecule has 3 rings (SSSR count). The maximum Gasteiger partial charge on any atom is 0.214 e. The van der Waals surface area contributed by atoms with Crippen molar-refractivity contribution in [3.05, 3.63) is 66.0 Å². The molecule has 0 saturated heterocycles. The van der Waals surface area contributed by atoms with E-state index < -0.39 is 15.3 Å². The molecule has 0 amide bonds. The molecule has 2 N–H and O–H groups in total. The number of benzene rings is 2. The largest absolute Gasteiger partial charge is 0.369 e. The van der Waals surface area contributed by atoms with E-state index in [1.165, 1.54) is 5.56 Å². The Hall–Kier alpha value is -2.51. The lowest BCUT2D eigenvalue weighted by molar-refractivity contribution is 0.570. The molecule has 2 aromatic carbocycles. The van der Waals surface area contributed by atoms with E-state index in [2.05, 4.69) is 32.1 Å². The minimum absolute atomic E-state index is 0.0735. The van der Waals surface area contributed by atoms with E-state index in [0.717, 1.165) is 36.1 Å². The second-order valence-electron chi connectivity index (χ2n) is 6.94. The molecule has 148 valence electrons. The monoisotopic (exact) mass is 398 g/mol. The van der Waals surface area contributed by atoms with Crippen LogP contribution in [0.3, 0.4) is 0 Å². The van der Waals surface area contributed by atoms with Gasteiger partial charge in [0.05, 0.1) is 17.3 Å². The van der Waals surface area contributed by atoms with Crippen molar-refractivity contribution >= 4 is 26.7 Å². The minimum Gasteiger partial charge on any atom is -0.369 e. The predicted octanol–water partition coefficient (Wildman–Crippen LogP) is 3.50. The average molecular weight is 399 g/mol. The summed E-state index contributed by atoms with van der Waals surface area (Å²) in [5, 5.41) is 3.82. The number of anilines is 1. The Balaban J connectivity index is 1.71. The summed E-state index contributed by atoms with van der Waals surface area (Å²) in [5.41, 5.74) is 2.10. The van der Waals surface area contributed by atoms with E-state index >= 15 is 0 Å². The van der Waals surface area contributed by atoms with Gasteiger partial charge < -0.3 is 5.32 Å². The minimum atomic E-state index is -3.36. The van der Waals surface area contributed by atoms with Crippen LogP contribution in [0.5, 0.6) is 0 Å². The molecule has 0 saturated carbocycles. The number of rotatable bonds is 9. The molecule has 0 aliphatic rings. The Morgan fingerprint density at radius 3 is 2.43 bits per heavy atom. The van der Waals surface area contributed by atoms with Crippen molar-refractivity contribution in [1.82, 2.24) is 14.7 Å². The normalized spacial score (nSPS) is 11.8. The molecule has 0 bridgehead atoms. The summed E-state index contributed by atoms with van der Waals surface area (Å²) in [7, 11) is -3.36. The standard InChI is InChI=1S/C21H26N4O2S/c1-16(2)28(26,27)23-15-20-24-19-13-7-6-12-18(19)21(25-20)22-14-8-11-17-9-4-3-5-10-17/h3-7,9-10,12-13,16,23H,8,11,14-15H2,1-2H3,(H,22,24,25). The first-order valence-corrected chi connectivity index (χ1v) is 11.0. The highest BCUT2D eigenvalue weighted by Crippen LogP contribution is 2.20. The lowest BCUT2D eigenvalue weighted by Crippen LogP contribution is -2.31. The predicted molar refractivity (Wildman–Crippen MR) is 114 cm³/mol. The van der Waals surface area contributed by atoms with Crippen LogP contribution in [0.2, 0.25) is 0 Å². The summed E-state index contributed by atoms with van der Waals surface area (Å²) < 4.78 is 26.6. The number of nitrogens with one attached hydrogen (secondary N) is 2. The first-order valence-electron chi connectivity index (χ1n) is 9.47. The number of hydrogen-bond acceptors (Lipinski definition) is 5. The van der Waals surface area contributed by atoms with Crippen LogP contribution in [-0.4, -0.2) is 30.2 Å². The molecule has 1 heterocycles. The zero-order chi connectivity index (χ0) is 20.0. The summed E-state index contributed by atoms with van der Waals surface area (Å²) >= 11 is 0. The van der Waals surface area contributed by atoms with Gasteiger partial charge in [-0.2, -0.15) is 0 Å². The summed E-state index contributed by atoms with van der Waals surface area (Å²) in [6.45, 7) is 4.13. The molecular weight excluding hydrogens is 372 g/mol. The lowest BCUT2D eigenvalue weighted by Gasteiger charge is -2.12. The van der Waals surface area contributed by atoms with Crippen molar-refractivity contribution in [3.63, 3.8) is 0 Å². The van der Waals surface area contributed by atoms with E-state index in [1.54, 1.807) is 13.8 Å². The van der Waals surface area contributed by atoms with Gasteiger partial charge in [0.1, 0.15) is 11.6 Å². The van der Waals surface area contributed by atoms with Crippen molar-refractivity contribution in [1.29, 1.82) is 0 Å². The third kappa shape index (κ3) is 5.27. The maximum atomic E-state index is 12.0. The fourth-order valence-corrected chi connectivity index (χ4v) is 3.48. The highest BCUT2D eigenvalue weighted by Gasteiger charge is 2.16. The number of fused-ring (bicyclic) bond motifs is 1. The van der Waals surface area contributed by atoms with Crippen molar-refractivity contribution < 1.29 is 8.42 Å². The quantitative estimate of drug-likeness (QED) is 0.539. The van der Waals surface area contributed by atoms with Crippen LogP contribution in [0.4, 0.5) is 5.82 Å². The van der Waals surface area contributed by atoms with Gasteiger partial charge in [-0.25, -0.2) is 23.1 Å². The van der Waals surface area contributed by atoms with Crippen molar-refractivity contribution in [2.75, 3.05) is 11.9 Å². The van der Waals surface area contributed by atoms with Crippen LogP contribution in [0.15, 0.2) is 54.6 Å². The molecule has 0 atom stereocenters. The highest BCUT2D eigenvalue weighted by molar-refractivity contribution is 7.90. The molecule has 0 radical (unpaired) electrons. The van der Waals surface area contributed by atoms with E-state index in [1.807, 2.05) is 42.5 Å². The molecule has 0 fully saturated rings. The van der Waals surface area contributed by atoms with Crippen LogP contribution >= 0.6 is 0 Å². The number of hydrogen-bond donors (Lipinski definition) is 2. The number of aromatic nitrogens is 2. The van der Waals surface area contributed by atoms with Gasteiger partial charge in [-0.3, -0.25) is 0 Å². The Bertz CT molecular complexity index is 1020. The molecule has 0 aliphatic carbocycles. The zero-order valence-electron chi connectivity index (χ0n) is 16.2. The molecule has 0 aliphatic heterocycles. The van der Waals surface area contributed by atoms with Gasteiger partial charge in [0.15, 0.2) is 0 Å². The van der Waals surface area contributed by atoms with Gasteiger partial charge in [0, 0.05) is 11.9 Å². The van der Waals surface area contributed by atoms with Gasteiger partial charge in [-0.15, -0.1) is 0 Å². The fourth-order valence-electron chi connectivity index (χ4n) is 2.81. The topological polar surface area (TPSA) is 84.0 Å². The molecule has 1 aromatic heterocycles. The van der Waals surface area contributed by atoms with Gasteiger partial charge in [0.2, 0.25) is 10.0 Å². The molecular formula is C21H26N4O2S. The van der Waals surface area contributed by atoms with Crippen LogP contribution < -0.4 is 10.0 Å². The second kappa shape index (κ2) is 9.12. The van der Waals surface area contributed by atoms with E-state index in [-0.39, 0.29) is 6.54 Å². The Labute approximate surface area is 166 Å². The molecule has 28 heavy (non-hydrogen) atoms. The molecule has 0 unspecified atom stereocenters. The number of sulfonamides is 1. The summed E-state index contributed by atoms with van der Waals surface area (Å²) in [4.78, 5) is 9.05. The molecule has 3 aromatic rings. The highest BCUT2D eigenvalue weighted by atomic mass is 32.2. The molecule has 7 heteroatoms. The van der Waals surface area contributed by atoms with Crippen molar-refractivity contribution in [2.45, 2.75) is 38.5 Å². The number of aryl methyl sites for hydroxylation is 1. The van der Waals surface area contributed by atoms with Crippen molar-refractivity contribution in [2.24, 2.45) is 0 Å². The Morgan fingerprint density at radius 2 is 1.68 bits per heavy atom. The van der Waals surface area contributed by atoms with E-state index in [4.69, 9.17) is 0 Å². The fraction of sp³-hybridized carbons (Fsp3) is 0.333. The Kier molecular flexibility index (Phi) is 6.59. The van der Waals surface area contributed by atoms with Crippen LogP contribution in [0.25, 0.3) is 10.9 Å². The number of para-hydroxylation sites is 1. The van der Waals surface area contributed by atoms with Crippen LogP contribution in [0, 0.1) is 0 Å². The third-order valence-electron chi connectivity index (χ3n) is 4.48. The molecule has 0 spiro atoms. The zero-order valence-corrected chi connectivity index (χ0v) is 17.0. The third-order valence-corrected chi connectivity index (χ3v) is 6.27. The summed E-state index contributed by atoms with van der Waals surface area (Å²) in [5.74, 6) is 1.19. The van der Waals surface area contributed by atoms with E-state index in [9.17, 15) is 8.42 Å². The number of nitrogens with zero attached hydrogens (tertiary/aromatic N) is 2. The first kappa shape index (κ1) is 20.2. The van der Waals surface area contributed by atoms with Gasteiger partial charge in [-0.1, -0.05) is 42.5 Å². The maximum absolute atomic E-state index is 12.0. The SMILES string of the molecule is CC(C)S(=O)(=O)NCc1nc(NCCCc2ccccc2)c2ccccc2n1. The van der Waals surface area contributed by atoms with Gasteiger partial charge in [0.25, 0.3) is 0 Å². The molecule has 6 nitrogen and oxygen atoms in total. The summed E-state index contributed by atoms with van der Waals surface area (Å²) in [6, 6.07) is 18.1. The summed E-state index contributed by atoms with van der Waals surface area (Å²) in [6.07, 6.45) is 1.95. The average Bonchev–Trinajstić information content (AvgIpc) is 2.70. The second-order valence-corrected chi connectivity index (χ2v) is 9.26. The first-order chi connectivity index (χ1) is 13.5. The van der Waals surface area contributed by atoms with E-state index in [0.29, 0.717) is 5.82 Å². The smallest absolute Gasteiger partial charge is 0.214 e.